The summed E-state index contributed by atoms with van der Waals surface area (Å²) in [5.41, 5.74) is 9.81. The molecule has 2 unspecified atom stereocenters. The molecule has 7 nitrogen and oxygen atoms in total. The predicted octanol–water partition coefficient (Wildman–Crippen LogP) is 21.1. The van der Waals surface area contributed by atoms with E-state index in [4.69, 9.17) is 33.2 Å². The highest BCUT2D eigenvalue weighted by Crippen LogP contribution is 2.59. The van der Waals surface area contributed by atoms with Crippen molar-refractivity contribution in [3.63, 3.8) is 0 Å². The molecule has 0 bridgehead atoms. The summed E-state index contributed by atoms with van der Waals surface area (Å²) in [5.74, 6) is 4.28. The summed E-state index contributed by atoms with van der Waals surface area (Å²) in [6.07, 6.45) is -1.57. The van der Waals surface area contributed by atoms with Crippen LogP contribution >= 0.6 is 0 Å². The third-order valence-corrected chi connectivity index (χ3v) is 20.5. The molecule has 7 heteroatoms. The van der Waals surface area contributed by atoms with Crippen molar-refractivity contribution in [2.45, 2.75) is 47.1 Å². The minimum absolute atomic E-state index is 0.334. The fraction of sp³-hybridized carbons (Fsp3) is 0.125. The van der Waals surface area contributed by atoms with Crippen LogP contribution in [-0.4, -0.2) is 40.6 Å². The first-order valence-electron chi connectivity index (χ1n) is 35.0. The van der Waals surface area contributed by atoms with Crippen LogP contribution in [0.2, 0.25) is 0 Å². The SMILES string of the molecule is COc1ccc(C(c2ccccc2)(c2ccccc2)C(Oc2ccc(COCc3ccc(OC(C(c4ccccc4)(c4ccccc4)c4ccc(OC)cc4)C(c4ccccc4)(c4ccccc4)c4ccccc4OC)cc3)cc2)C(c2ccccc2)(c2ccccc2)c2ccccc2OC)cc1. The Morgan fingerprint density at radius 3 is 0.660 bits per heavy atom. The molecule has 0 aliphatic rings. The molecule has 508 valence electrons. The highest BCUT2D eigenvalue weighted by atomic mass is 16.5. The van der Waals surface area contributed by atoms with Crippen LogP contribution in [0.25, 0.3) is 0 Å². The monoisotopic (exact) mass is 1350 g/mol. The zero-order valence-corrected chi connectivity index (χ0v) is 58.4. The average Bonchev–Trinajstić information content (AvgIpc) is 0.700. The van der Waals surface area contributed by atoms with Crippen molar-refractivity contribution < 1.29 is 33.2 Å². The molecule has 0 aromatic heterocycles. The Kier molecular flexibility index (Phi) is 20.6. The lowest BCUT2D eigenvalue weighted by molar-refractivity contribution is 0.0948. The van der Waals surface area contributed by atoms with Gasteiger partial charge >= 0.3 is 0 Å². The Bertz CT molecular complexity index is 4470. The normalized spacial score (nSPS) is 12.3. The fourth-order valence-electron chi connectivity index (χ4n) is 15.9. The molecular formula is C96H82O7. The van der Waals surface area contributed by atoms with Gasteiger partial charge in [-0.15, -0.1) is 0 Å². The third kappa shape index (κ3) is 12.9. The van der Waals surface area contributed by atoms with E-state index in [2.05, 4.69) is 376 Å². The van der Waals surface area contributed by atoms with E-state index in [9.17, 15) is 0 Å². The van der Waals surface area contributed by atoms with Crippen LogP contribution in [0.4, 0.5) is 0 Å². The van der Waals surface area contributed by atoms with E-state index in [-0.39, 0.29) is 0 Å². The van der Waals surface area contributed by atoms with Gasteiger partial charge in [-0.1, -0.05) is 328 Å². The number of methoxy groups -OCH3 is 4. The molecular weight excluding hydrogens is 1270 g/mol. The van der Waals surface area contributed by atoms with Gasteiger partial charge in [0.15, 0.2) is 0 Å². The molecule has 0 fully saturated rings. The lowest BCUT2D eigenvalue weighted by atomic mass is 9.53. The van der Waals surface area contributed by atoms with Crippen molar-refractivity contribution in [1.29, 1.82) is 0 Å². The molecule has 0 saturated carbocycles. The molecule has 14 aromatic carbocycles. The second-order valence-corrected chi connectivity index (χ2v) is 25.8. The molecule has 14 aromatic rings. The van der Waals surface area contributed by atoms with Crippen molar-refractivity contribution in [3.8, 4) is 34.5 Å². The maximum atomic E-state index is 8.16. The van der Waals surface area contributed by atoms with Crippen molar-refractivity contribution in [3.05, 3.63) is 466 Å². The number of para-hydroxylation sites is 2. The van der Waals surface area contributed by atoms with Gasteiger partial charge in [0.2, 0.25) is 0 Å². The van der Waals surface area contributed by atoms with E-state index in [0.717, 1.165) is 101 Å². The molecule has 0 saturated heterocycles. The molecule has 0 spiro atoms. The van der Waals surface area contributed by atoms with E-state index in [1.807, 2.05) is 12.1 Å². The minimum atomic E-state index is -1.09. The van der Waals surface area contributed by atoms with Gasteiger partial charge in [0, 0.05) is 11.1 Å². The number of rotatable bonds is 28. The topological polar surface area (TPSA) is 64.6 Å². The lowest BCUT2D eigenvalue weighted by Gasteiger charge is -2.52. The van der Waals surface area contributed by atoms with E-state index in [1.165, 1.54) is 0 Å². The minimum Gasteiger partial charge on any atom is -0.497 e. The van der Waals surface area contributed by atoms with Crippen LogP contribution in [0.1, 0.15) is 77.9 Å². The largest absolute Gasteiger partial charge is 0.497 e. The first-order chi connectivity index (χ1) is 50.9. The fourth-order valence-corrected chi connectivity index (χ4v) is 15.9. The highest BCUT2D eigenvalue weighted by Gasteiger charge is 2.61. The Morgan fingerprint density at radius 1 is 0.204 bits per heavy atom. The van der Waals surface area contributed by atoms with Gasteiger partial charge in [0.25, 0.3) is 0 Å². The molecule has 0 N–H and O–H groups in total. The first-order valence-corrected chi connectivity index (χ1v) is 35.0. The van der Waals surface area contributed by atoms with Gasteiger partial charge in [0.1, 0.15) is 46.7 Å². The van der Waals surface area contributed by atoms with E-state index >= 15 is 0 Å². The number of hydrogen-bond donors (Lipinski definition) is 0. The number of hydrogen-bond acceptors (Lipinski definition) is 7. The lowest BCUT2D eigenvalue weighted by Crippen LogP contribution is -2.58. The third-order valence-electron chi connectivity index (χ3n) is 20.5. The zero-order chi connectivity index (χ0) is 70.3. The quantitative estimate of drug-likeness (QED) is 0.0453. The van der Waals surface area contributed by atoms with E-state index in [0.29, 0.717) is 24.7 Å². The summed E-state index contributed by atoms with van der Waals surface area (Å²) < 4.78 is 47.8. The van der Waals surface area contributed by atoms with Crippen molar-refractivity contribution >= 4 is 0 Å². The summed E-state index contributed by atoms with van der Waals surface area (Å²) in [7, 11) is 6.92. The average molecular weight is 1350 g/mol. The summed E-state index contributed by atoms with van der Waals surface area (Å²) in [6, 6.07) is 137. The van der Waals surface area contributed by atoms with Gasteiger partial charge < -0.3 is 33.2 Å². The first kappa shape index (κ1) is 68.0. The van der Waals surface area contributed by atoms with Gasteiger partial charge in [-0.2, -0.15) is 0 Å². The predicted molar refractivity (Wildman–Crippen MR) is 413 cm³/mol. The number of ether oxygens (including phenoxy) is 7. The molecule has 0 aliphatic heterocycles. The van der Waals surface area contributed by atoms with E-state index in [1.54, 1.807) is 28.4 Å². The maximum Gasteiger partial charge on any atom is 0.134 e. The molecule has 2 atom stereocenters. The smallest absolute Gasteiger partial charge is 0.134 e. The molecule has 0 radical (unpaired) electrons. The van der Waals surface area contributed by atoms with Crippen molar-refractivity contribution in [2.75, 3.05) is 28.4 Å². The van der Waals surface area contributed by atoms with Crippen LogP contribution in [-0.2, 0) is 39.6 Å². The van der Waals surface area contributed by atoms with Crippen LogP contribution < -0.4 is 28.4 Å². The van der Waals surface area contributed by atoms with Crippen LogP contribution in [0, 0.1) is 0 Å². The summed E-state index contributed by atoms with van der Waals surface area (Å²) in [5, 5.41) is 0. The van der Waals surface area contributed by atoms with Gasteiger partial charge in [-0.05, 0) is 127 Å². The zero-order valence-electron chi connectivity index (χ0n) is 58.4. The molecule has 14 rings (SSSR count). The highest BCUT2D eigenvalue weighted by molar-refractivity contribution is 5.67. The Labute approximate surface area is 605 Å². The Balaban J connectivity index is 0.860. The van der Waals surface area contributed by atoms with E-state index < -0.39 is 33.9 Å². The summed E-state index contributed by atoms with van der Waals surface area (Å²) in [6.45, 7) is 0.669. The molecule has 0 aliphatic carbocycles. The standard InChI is InChI=1S/C96H82O7/c1-97-83-65-57-81(58-66-83)93(73-33-13-5-14-34-73,74-35-15-6-16-36-74)91(95(77-41-21-9-22-42-77,78-43-23-10-24-44-78)87-49-29-31-51-89(87)99-3)102-85-61-53-71(54-62-85)69-101-70-72-55-63-86(64-56-72)103-92(94(75-37-17-7-18-38-75,76-39-19-8-20-40-76)82-59-67-84(98-2)68-60-82)96(79-45-25-11-26-46-79,80-47-27-12-28-48-80)88-50-30-32-52-90(88)100-4/h5-68,91-92H,69-70H2,1-4H3. The molecule has 0 amide bonds. The van der Waals surface area contributed by atoms with Crippen LogP contribution in [0.15, 0.2) is 388 Å². The summed E-state index contributed by atoms with van der Waals surface area (Å²) >= 11 is 0. The summed E-state index contributed by atoms with van der Waals surface area (Å²) in [4.78, 5) is 0. The molecule has 0 heterocycles. The second kappa shape index (κ2) is 31.2. The van der Waals surface area contributed by atoms with Gasteiger partial charge in [-0.25, -0.2) is 0 Å². The van der Waals surface area contributed by atoms with Gasteiger partial charge in [-0.3, -0.25) is 0 Å². The van der Waals surface area contributed by atoms with Gasteiger partial charge in [0.05, 0.1) is 63.3 Å². The molecule has 103 heavy (non-hydrogen) atoms. The maximum absolute atomic E-state index is 8.16. The van der Waals surface area contributed by atoms with Crippen molar-refractivity contribution in [1.82, 2.24) is 0 Å². The Hall–Kier alpha value is -12.2. The Morgan fingerprint density at radius 2 is 0.417 bits per heavy atom. The van der Waals surface area contributed by atoms with Crippen LogP contribution in [0.3, 0.4) is 0 Å². The van der Waals surface area contributed by atoms with Crippen molar-refractivity contribution in [2.24, 2.45) is 0 Å². The van der Waals surface area contributed by atoms with Crippen LogP contribution in [0.5, 0.6) is 34.5 Å². The number of benzene rings is 14. The second-order valence-electron chi connectivity index (χ2n) is 25.8.